The second-order valence-corrected chi connectivity index (χ2v) is 16.1. The van der Waals surface area contributed by atoms with Crippen molar-refractivity contribution < 1.29 is 38.4 Å². The first-order valence-electron chi connectivity index (χ1n) is 19.8. The summed E-state index contributed by atoms with van der Waals surface area (Å²) in [6.45, 7) is 7.94. The highest BCUT2D eigenvalue weighted by atomic mass is 35.5. The highest BCUT2D eigenvalue weighted by Gasteiger charge is 2.23. The van der Waals surface area contributed by atoms with Gasteiger partial charge in [0.1, 0.15) is 61.1 Å². The molecule has 0 radical (unpaired) electrons. The van der Waals surface area contributed by atoms with Gasteiger partial charge in [0.2, 0.25) is 5.69 Å². The Balaban J connectivity index is 1.08. The van der Waals surface area contributed by atoms with Crippen molar-refractivity contribution in [2.75, 3.05) is 6.61 Å². The molecule has 64 heavy (non-hydrogen) atoms. The third-order valence-corrected chi connectivity index (χ3v) is 11.6. The molecule has 12 nitrogen and oxygen atoms in total. The fourth-order valence-electron chi connectivity index (χ4n) is 6.89. The minimum Gasteiger partial charge on any atom is -0.488 e. The van der Waals surface area contributed by atoms with Gasteiger partial charge >= 0.3 is 5.97 Å². The van der Waals surface area contributed by atoms with E-state index in [1.807, 2.05) is 24.3 Å². The second-order valence-electron chi connectivity index (χ2n) is 14.5. The number of Topliss-reactive ketones (excluding diaryl/α,β-unsaturated/α-hetero) is 1. The van der Waals surface area contributed by atoms with Crippen LogP contribution < -0.4 is 18.9 Å². The molecular weight excluding hydrogens is 902 g/mol. The maximum atomic E-state index is 13.5. The first-order valence-corrected chi connectivity index (χ1v) is 21.3. The summed E-state index contributed by atoms with van der Waals surface area (Å²) in [6, 6.07) is 21.8. The Hall–Kier alpha value is -6.38. The van der Waals surface area contributed by atoms with Crippen molar-refractivity contribution in [2.24, 2.45) is 0 Å². The number of benzene rings is 4. The van der Waals surface area contributed by atoms with Crippen molar-refractivity contribution in [3.63, 3.8) is 0 Å². The lowest BCUT2D eigenvalue weighted by Gasteiger charge is -2.17. The van der Waals surface area contributed by atoms with Gasteiger partial charge in [-0.3, -0.25) is 14.8 Å². The van der Waals surface area contributed by atoms with Crippen LogP contribution in [0.2, 0.25) is 20.1 Å². The highest BCUT2D eigenvalue weighted by molar-refractivity contribution is 6.37. The number of hydrogen-bond acceptors (Lipinski definition) is 10. The molecule has 0 aliphatic carbocycles. The van der Waals surface area contributed by atoms with Gasteiger partial charge in [-0.1, -0.05) is 82.8 Å². The standard InChI is InChI=1S/C48H36Cl4N4O8/c1-54-33-14-30(22-56-23-33)25-61-42-17-44(39(49)15-37(42)41(57)11-10-34-7-4-12-60-34)63-26-31-5-2-8-35(46(31)51)36-9-3-6-32(47(36)52)27-64-45-18-43(38(48(58)59)16-40(45)50)62-24-29-13-28(19-53)20-55-21-29/h2-3,5-6,8-9,13-18,20-23,34H,4,7,10-12,24-27H2,(H,58,59). The van der Waals surface area contributed by atoms with Gasteiger partial charge in [-0.05, 0) is 49.1 Å². The molecule has 0 amide bonds. The van der Waals surface area contributed by atoms with E-state index in [-0.39, 0.29) is 83.3 Å². The Morgan fingerprint density at radius 3 is 1.88 bits per heavy atom. The maximum absolute atomic E-state index is 13.5. The number of ether oxygens (including phenoxy) is 5. The number of hydrogen-bond donors (Lipinski definition) is 1. The summed E-state index contributed by atoms with van der Waals surface area (Å²) >= 11 is 27.3. The number of aromatic carboxylic acids is 1. The van der Waals surface area contributed by atoms with Gasteiger partial charge in [-0.2, -0.15) is 5.26 Å². The van der Waals surface area contributed by atoms with Crippen LogP contribution >= 0.6 is 46.4 Å². The molecule has 16 heteroatoms. The van der Waals surface area contributed by atoms with Crippen molar-refractivity contribution in [3.05, 3.63) is 168 Å². The minimum atomic E-state index is -1.26. The molecule has 1 unspecified atom stereocenters. The third-order valence-electron chi connectivity index (χ3n) is 10.2. The third kappa shape index (κ3) is 11.2. The minimum absolute atomic E-state index is 0.000233. The van der Waals surface area contributed by atoms with Crippen LogP contribution in [0.1, 0.15) is 74.2 Å². The van der Waals surface area contributed by atoms with Crippen molar-refractivity contribution in [3.8, 4) is 40.2 Å². The normalized spacial score (nSPS) is 13.1. The second kappa shape index (κ2) is 21.3. The van der Waals surface area contributed by atoms with Gasteiger partial charge in [-0.25, -0.2) is 9.64 Å². The van der Waals surface area contributed by atoms with Gasteiger partial charge in [0, 0.05) is 77.8 Å². The number of pyridine rings is 2. The molecule has 4 aromatic carbocycles. The summed E-state index contributed by atoms with van der Waals surface area (Å²) in [6.07, 6.45) is 8.70. The molecule has 1 fully saturated rings. The van der Waals surface area contributed by atoms with Crippen LogP contribution in [0.5, 0.6) is 23.0 Å². The van der Waals surface area contributed by atoms with E-state index < -0.39 is 5.97 Å². The van der Waals surface area contributed by atoms with Crippen molar-refractivity contribution >= 4 is 63.8 Å². The summed E-state index contributed by atoms with van der Waals surface area (Å²) in [4.78, 5) is 37.2. The number of nitriles is 1. The summed E-state index contributed by atoms with van der Waals surface area (Å²) in [5, 5.41) is 20.0. The van der Waals surface area contributed by atoms with Crippen molar-refractivity contribution in [2.45, 2.75) is 58.2 Å². The molecule has 1 aliphatic rings. The Kier molecular flexibility index (Phi) is 15.2. The average molecular weight is 939 g/mol. The smallest absolute Gasteiger partial charge is 0.339 e. The van der Waals surface area contributed by atoms with E-state index in [0.29, 0.717) is 73.3 Å². The molecule has 2 aromatic heterocycles. The zero-order chi connectivity index (χ0) is 45.2. The van der Waals surface area contributed by atoms with Gasteiger partial charge in [-0.15, -0.1) is 0 Å². The summed E-state index contributed by atoms with van der Waals surface area (Å²) in [5.74, 6) is -0.738. The number of ketones is 1. The molecule has 0 spiro atoms. The predicted octanol–water partition coefficient (Wildman–Crippen LogP) is 12.3. The number of carbonyl (C=O) groups is 2. The zero-order valence-corrected chi connectivity index (χ0v) is 36.8. The Morgan fingerprint density at radius 2 is 1.31 bits per heavy atom. The van der Waals surface area contributed by atoms with Crippen LogP contribution in [0.15, 0.2) is 97.6 Å². The highest BCUT2D eigenvalue weighted by Crippen LogP contribution is 2.40. The Labute approximate surface area is 388 Å². The van der Waals surface area contributed by atoms with Crippen LogP contribution in [0.25, 0.3) is 16.0 Å². The fraction of sp³-hybridized carbons (Fsp3) is 0.208. The largest absolute Gasteiger partial charge is 0.488 e. The predicted molar refractivity (Wildman–Crippen MR) is 241 cm³/mol. The molecule has 1 N–H and O–H groups in total. The lowest BCUT2D eigenvalue weighted by molar-refractivity contribution is 0.0691. The van der Waals surface area contributed by atoms with Gasteiger partial charge in [0.05, 0.1) is 43.9 Å². The number of rotatable bonds is 18. The van der Waals surface area contributed by atoms with Crippen LogP contribution in [0, 0.1) is 17.9 Å². The van der Waals surface area contributed by atoms with E-state index in [9.17, 15) is 20.0 Å². The number of nitrogens with zero attached hydrogens (tertiary/aromatic N) is 4. The first-order chi connectivity index (χ1) is 31.0. The first kappa shape index (κ1) is 45.6. The fourth-order valence-corrected chi connectivity index (χ4v) is 7.89. The van der Waals surface area contributed by atoms with E-state index >= 15 is 0 Å². The van der Waals surface area contributed by atoms with Gasteiger partial charge < -0.3 is 28.8 Å². The Bertz CT molecular complexity index is 2800. The molecule has 3 heterocycles. The average Bonchev–Trinajstić information content (AvgIpc) is 3.84. The number of carboxylic acids is 1. The molecule has 1 atom stereocenters. The van der Waals surface area contributed by atoms with Crippen LogP contribution in [0.4, 0.5) is 5.69 Å². The van der Waals surface area contributed by atoms with Crippen molar-refractivity contribution in [1.82, 2.24) is 9.97 Å². The zero-order valence-electron chi connectivity index (χ0n) is 33.8. The van der Waals surface area contributed by atoms with E-state index in [2.05, 4.69) is 14.8 Å². The van der Waals surface area contributed by atoms with Crippen molar-refractivity contribution in [1.29, 1.82) is 5.26 Å². The van der Waals surface area contributed by atoms with E-state index in [1.165, 1.54) is 30.7 Å². The van der Waals surface area contributed by atoms with E-state index in [0.717, 1.165) is 12.8 Å². The summed E-state index contributed by atoms with van der Waals surface area (Å²) < 4.78 is 30.0. The van der Waals surface area contributed by atoms with Crippen LogP contribution in [-0.2, 0) is 31.2 Å². The van der Waals surface area contributed by atoms with E-state index in [4.69, 9.17) is 76.7 Å². The SMILES string of the molecule is [C-]#[N+]c1cncc(COc2cc(OCc3cccc(-c4cccc(COc5cc(OCc6cncc(C#N)c6)c(C(=O)O)cc5Cl)c4Cl)c3Cl)c(Cl)cc2C(=O)CCC2CCCO2)c1. The quantitative estimate of drug-likeness (QED) is 0.0647. The van der Waals surface area contributed by atoms with Crippen LogP contribution in [0.3, 0.4) is 0 Å². The molecule has 1 saturated heterocycles. The Morgan fingerprint density at radius 1 is 0.750 bits per heavy atom. The topological polar surface area (TPSA) is 154 Å². The van der Waals surface area contributed by atoms with E-state index in [1.54, 1.807) is 48.7 Å². The summed E-state index contributed by atoms with van der Waals surface area (Å²) in [5.41, 5.74) is 4.44. The lowest BCUT2D eigenvalue weighted by atomic mass is 10.0. The van der Waals surface area contributed by atoms with Gasteiger partial charge in [0.15, 0.2) is 5.78 Å². The molecular formula is C48H36Cl4N4O8. The number of carboxylic acid groups (broad SMARTS) is 1. The number of halogens is 4. The lowest BCUT2D eigenvalue weighted by Crippen LogP contribution is -2.11. The number of carbonyl (C=O) groups excluding carboxylic acids is 1. The number of aromatic nitrogens is 2. The van der Waals surface area contributed by atoms with Gasteiger partial charge in [0.25, 0.3) is 0 Å². The molecule has 7 rings (SSSR count). The summed E-state index contributed by atoms with van der Waals surface area (Å²) in [7, 11) is 0. The molecule has 1 aliphatic heterocycles. The monoisotopic (exact) mass is 936 g/mol. The maximum Gasteiger partial charge on any atom is 0.339 e. The molecule has 6 aromatic rings. The molecule has 324 valence electrons. The molecule has 0 bridgehead atoms. The van der Waals surface area contributed by atoms with Crippen LogP contribution in [-0.4, -0.2) is 39.5 Å². The molecule has 0 saturated carbocycles.